The molecule has 4 heterocycles. The van der Waals surface area contributed by atoms with Crippen molar-refractivity contribution in [3.8, 4) is 22.4 Å². The number of hydrogen-bond acceptors (Lipinski definition) is 6. The van der Waals surface area contributed by atoms with E-state index in [1.807, 2.05) is 24.3 Å². The summed E-state index contributed by atoms with van der Waals surface area (Å²) >= 11 is 0. The molecule has 46 heavy (non-hydrogen) atoms. The first kappa shape index (κ1) is 29.5. The van der Waals surface area contributed by atoms with E-state index >= 15 is 0 Å². The van der Waals surface area contributed by atoms with Gasteiger partial charge in [-0.2, -0.15) is 0 Å². The van der Waals surface area contributed by atoms with E-state index in [9.17, 15) is 22.8 Å². The quantitative estimate of drug-likeness (QED) is 0.212. The number of benzene rings is 2. The van der Waals surface area contributed by atoms with Gasteiger partial charge in [-0.1, -0.05) is 18.2 Å². The summed E-state index contributed by atoms with van der Waals surface area (Å²) in [6.45, 7) is 0.179. The number of amides is 2. The van der Waals surface area contributed by atoms with Crippen molar-refractivity contribution in [3.63, 3.8) is 0 Å². The van der Waals surface area contributed by atoms with Crippen LogP contribution in [0.5, 0.6) is 0 Å². The molecule has 2 fully saturated rings. The number of nitrogens with two attached hydrogens (primary N) is 1. The van der Waals surface area contributed by atoms with Crippen molar-refractivity contribution < 1.29 is 27.2 Å². The molecule has 1 saturated heterocycles. The third-order valence-corrected chi connectivity index (χ3v) is 8.71. The number of fused-ring (bicyclic) bond motifs is 1. The van der Waals surface area contributed by atoms with Crippen molar-refractivity contribution >= 4 is 28.6 Å². The maximum atomic E-state index is 13.8. The number of aromatic nitrogens is 2. The van der Waals surface area contributed by atoms with Gasteiger partial charge >= 0.3 is 0 Å². The molecule has 8 nitrogen and oxygen atoms in total. The molecule has 234 valence electrons. The maximum Gasteiger partial charge on any atom is 0.255 e. The topological polar surface area (TPSA) is 114 Å². The van der Waals surface area contributed by atoms with Crippen LogP contribution in [0.1, 0.15) is 46.9 Å². The predicted octanol–water partition coefficient (Wildman–Crippen LogP) is 6.57. The number of hydrogen-bond donors (Lipinski definition) is 2. The van der Waals surface area contributed by atoms with E-state index in [0.29, 0.717) is 34.0 Å². The number of pyridine rings is 2. The summed E-state index contributed by atoms with van der Waals surface area (Å²) in [6.07, 6.45) is 3.19. The lowest BCUT2D eigenvalue weighted by atomic mass is 9.98. The fourth-order valence-electron chi connectivity index (χ4n) is 5.99. The maximum absolute atomic E-state index is 13.8. The molecular weight excluding hydrogens is 595 g/mol. The van der Waals surface area contributed by atoms with E-state index < -0.39 is 5.92 Å². The molecule has 1 aliphatic heterocycles. The lowest BCUT2D eigenvalue weighted by Crippen LogP contribution is -2.42. The molecule has 2 aliphatic rings. The predicted molar refractivity (Wildman–Crippen MR) is 166 cm³/mol. The number of piperidine rings is 1. The highest BCUT2D eigenvalue weighted by Crippen LogP contribution is 2.47. The molecule has 2 aromatic carbocycles. The largest absolute Gasteiger partial charge is 0.459 e. The lowest BCUT2D eigenvalue weighted by molar-refractivity contribution is -0.122. The number of likely N-dealkylation sites (tertiary alicyclic amines) is 1. The number of rotatable bonds is 7. The molecule has 1 aliphatic carbocycles. The van der Waals surface area contributed by atoms with Crippen molar-refractivity contribution in [2.24, 2.45) is 5.92 Å². The molecule has 3 aromatic heterocycles. The van der Waals surface area contributed by atoms with Crippen LogP contribution in [0.25, 0.3) is 33.4 Å². The fraction of sp³-hybridized carbons (Fsp3) is 0.257. The molecule has 2 amide bonds. The normalized spacial score (nSPS) is 18.8. The number of carbonyl (C=O) groups excluding carboxylic acids is 2. The second-order valence-corrected chi connectivity index (χ2v) is 11.9. The van der Waals surface area contributed by atoms with Gasteiger partial charge in [0.05, 0.1) is 17.8 Å². The van der Waals surface area contributed by atoms with Crippen LogP contribution in [-0.2, 0) is 11.3 Å². The third-order valence-electron chi connectivity index (χ3n) is 8.71. The van der Waals surface area contributed by atoms with Crippen LogP contribution in [0, 0.1) is 11.7 Å². The summed E-state index contributed by atoms with van der Waals surface area (Å²) in [7, 11) is 0. The van der Waals surface area contributed by atoms with Crippen molar-refractivity contribution in [3.05, 3.63) is 102 Å². The Morgan fingerprint density at radius 1 is 0.957 bits per heavy atom. The van der Waals surface area contributed by atoms with Crippen LogP contribution in [0.15, 0.2) is 83.5 Å². The average molecular weight is 626 g/mol. The van der Waals surface area contributed by atoms with Gasteiger partial charge in [-0.05, 0) is 72.0 Å². The van der Waals surface area contributed by atoms with E-state index in [-0.39, 0.29) is 61.9 Å². The van der Waals surface area contributed by atoms with Crippen LogP contribution in [0.3, 0.4) is 0 Å². The summed E-state index contributed by atoms with van der Waals surface area (Å²) in [4.78, 5) is 35.9. The minimum atomic E-state index is -2.74. The number of anilines is 1. The van der Waals surface area contributed by atoms with E-state index in [1.165, 1.54) is 23.2 Å². The number of nitrogens with zero attached hydrogens (tertiary/aromatic N) is 3. The van der Waals surface area contributed by atoms with Gasteiger partial charge in [-0.3, -0.25) is 14.6 Å². The monoisotopic (exact) mass is 625 g/mol. The molecule has 0 spiro atoms. The number of nitrogen functional groups attached to an aromatic ring is 1. The lowest BCUT2D eigenvalue weighted by Gasteiger charge is -2.31. The second-order valence-electron chi connectivity index (χ2n) is 11.9. The van der Waals surface area contributed by atoms with Crippen LogP contribution in [-0.4, -0.2) is 45.7 Å². The zero-order chi connectivity index (χ0) is 32.0. The Hall–Kier alpha value is -5.19. The highest BCUT2D eigenvalue weighted by molar-refractivity contribution is 5.97. The van der Waals surface area contributed by atoms with Crippen LogP contribution in [0.2, 0.25) is 0 Å². The van der Waals surface area contributed by atoms with Gasteiger partial charge in [0.2, 0.25) is 5.91 Å². The summed E-state index contributed by atoms with van der Waals surface area (Å²) < 4.78 is 47.2. The van der Waals surface area contributed by atoms with Crippen molar-refractivity contribution in [2.75, 3.05) is 18.8 Å². The van der Waals surface area contributed by atoms with Gasteiger partial charge in [0.25, 0.3) is 11.8 Å². The van der Waals surface area contributed by atoms with Gasteiger partial charge in [0, 0.05) is 60.8 Å². The zero-order valence-corrected chi connectivity index (χ0v) is 24.7. The number of carbonyl (C=O) groups is 2. The summed E-state index contributed by atoms with van der Waals surface area (Å²) in [5.41, 5.74) is 10.3. The Morgan fingerprint density at radius 3 is 2.43 bits per heavy atom. The van der Waals surface area contributed by atoms with Gasteiger partial charge in [0.1, 0.15) is 23.0 Å². The Balaban J connectivity index is 1.12. The molecule has 1 saturated carbocycles. The molecule has 7 rings (SSSR count). The molecule has 5 aromatic rings. The Morgan fingerprint density at radius 2 is 1.74 bits per heavy atom. The van der Waals surface area contributed by atoms with Crippen LogP contribution >= 0.6 is 0 Å². The highest BCUT2D eigenvalue weighted by Gasteiger charge is 2.44. The van der Waals surface area contributed by atoms with Crippen LogP contribution < -0.4 is 11.1 Å². The molecule has 2 atom stereocenters. The van der Waals surface area contributed by atoms with Crippen molar-refractivity contribution in [1.82, 2.24) is 20.2 Å². The Kier molecular flexibility index (Phi) is 7.46. The van der Waals surface area contributed by atoms with Crippen molar-refractivity contribution in [2.45, 2.75) is 37.6 Å². The van der Waals surface area contributed by atoms with E-state index in [1.54, 1.807) is 36.5 Å². The molecule has 0 bridgehead atoms. The van der Waals surface area contributed by atoms with E-state index in [2.05, 4.69) is 15.3 Å². The standard InChI is InChI=1S/C35H30F3N5O3/c36-25-5-1-20(2-6-25)28-15-23(30-7-3-22(18-40-30)34(45)43-11-9-35(37,38)10-12-43)13-24-14-26(46-32(24)28)19-42-33(44)29-16-27(29)21-4-8-31(39)41-17-21/h1-8,13-15,17-18,27,29H,9-12,16,19H2,(H2,39,41)(H,42,44). The Labute approximate surface area is 262 Å². The van der Waals surface area contributed by atoms with Gasteiger partial charge < -0.3 is 20.4 Å². The number of furan rings is 1. The minimum Gasteiger partial charge on any atom is -0.459 e. The smallest absolute Gasteiger partial charge is 0.255 e. The first-order valence-electron chi connectivity index (χ1n) is 15.1. The Bertz CT molecular complexity index is 1910. The number of halogens is 3. The van der Waals surface area contributed by atoms with Gasteiger partial charge in [-0.15, -0.1) is 0 Å². The second kappa shape index (κ2) is 11.6. The van der Waals surface area contributed by atoms with E-state index in [4.69, 9.17) is 10.2 Å². The molecule has 2 unspecified atom stereocenters. The highest BCUT2D eigenvalue weighted by atomic mass is 19.3. The average Bonchev–Trinajstić information content (AvgIpc) is 3.75. The summed E-state index contributed by atoms with van der Waals surface area (Å²) in [5, 5.41) is 3.74. The van der Waals surface area contributed by atoms with Gasteiger partial charge in [-0.25, -0.2) is 18.2 Å². The molecule has 3 N–H and O–H groups in total. The first-order valence-corrected chi connectivity index (χ1v) is 15.1. The summed E-state index contributed by atoms with van der Waals surface area (Å²) in [6, 6.07) is 18.7. The number of nitrogens with one attached hydrogen (secondary N) is 1. The molecule has 11 heteroatoms. The molecule has 0 radical (unpaired) electrons. The summed E-state index contributed by atoms with van der Waals surface area (Å²) in [5.74, 6) is -2.56. The van der Waals surface area contributed by atoms with E-state index in [0.717, 1.165) is 28.5 Å². The number of alkyl halides is 2. The minimum absolute atomic E-state index is 0.00411. The van der Waals surface area contributed by atoms with Crippen molar-refractivity contribution in [1.29, 1.82) is 0 Å². The first-order chi connectivity index (χ1) is 22.1. The molecular formula is C35H30F3N5O3. The third kappa shape index (κ3) is 6.04. The van der Waals surface area contributed by atoms with Gasteiger partial charge in [0.15, 0.2) is 0 Å². The SMILES string of the molecule is Nc1ccc(C2CC2C(=O)NCc2cc3cc(-c4ccc(C(=O)N5CCC(F)(F)CC5)cn4)cc(-c4ccc(F)cc4)c3o2)cn1. The zero-order valence-electron chi connectivity index (χ0n) is 24.7. The fourth-order valence-corrected chi connectivity index (χ4v) is 5.99. The van der Waals surface area contributed by atoms with Crippen LogP contribution in [0.4, 0.5) is 19.0 Å².